The van der Waals surface area contributed by atoms with Crippen LogP contribution in [0.5, 0.6) is 0 Å². The highest BCUT2D eigenvalue weighted by molar-refractivity contribution is 8.27. The van der Waals surface area contributed by atoms with Crippen molar-refractivity contribution in [2.75, 3.05) is 10.2 Å². The standard InChI is InChI=1S/C24H20N2OS2/c1-2-17-8-10-18(11-9-17)16-22-23(27)26(24(28)29-22)21-14-12-20(13-15-21)25-19-6-4-3-5-7-19/h3-16,25H,2H2,1H3/b22-16-. The van der Waals surface area contributed by atoms with E-state index < -0.39 is 0 Å². The van der Waals surface area contributed by atoms with Crippen LogP contribution in [-0.4, -0.2) is 10.2 Å². The van der Waals surface area contributed by atoms with Gasteiger partial charge in [0.15, 0.2) is 4.32 Å². The minimum atomic E-state index is -0.0802. The molecule has 29 heavy (non-hydrogen) atoms. The summed E-state index contributed by atoms with van der Waals surface area (Å²) in [5.74, 6) is -0.0802. The number of aryl methyl sites for hydroxylation is 1. The molecule has 0 spiro atoms. The number of hydrogen-bond acceptors (Lipinski definition) is 4. The number of anilines is 3. The van der Waals surface area contributed by atoms with Crippen LogP contribution in [-0.2, 0) is 11.2 Å². The Morgan fingerprint density at radius 1 is 0.931 bits per heavy atom. The van der Waals surface area contributed by atoms with Gasteiger partial charge in [-0.1, -0.05) is 73.4 Å². The summed E-state index contributed by atoms with van der Waals surface area (Å²) < 4.78 is 0.551. The minimum Gasteiger partial charge on any atom is -0.356 e. The maximum Gasteiger partial charge on any atom is 0.270 e. The molecule has 3 aromatic rings. The van der Waals surface area contributed by atoms with Gasteiger partial charge in [-0.05, 0) is 60.0 Å². The van der Waals surface area contributed by atoms with Gasteiger partial charge >= 0.3 is 0 Å². The van der Waals surface area contributed by atoms with Gasteiger partial charge in [-0.25, -0.2) is 0 Å². The molecule has 0 atom stereocenters. The van der Waals surface area contributed by atoms with Crippen LogP contribution in [0, 0.1) is 0 Å². The molecule has 1 heterocycles. The van der Waals surface area contributed by atoms with Gasteiger partial charge in [-0.3, -0.25) is 9.69 Å². The topological polar surface area (TPSA) is 32.3 Å². The molecule has 1 amide bonds. The number of carbonyl (C=O) groups is 1. The van der Waals surface area contributed by atoms with Crippen molar-refractivity contribution >= 4 is 57.3 Å². The maximum atomic E-state index is 13.0. The third kappa shape index (κ3) is 4.42. The number of nitrogens with zero attached hydrogens (tertiary/aromatic N) is 1. The summed E-state index contributed by atoms with van der Waals surface area (Å²) in [6.07, 6.45) is 2.90. The smallest absolute Gasteiger partial charge is 0.270 e. The lowest BCUT2D eigenvalue weighted by Crippen LogP contribution is -2.27. The zero-order valence-electron chi connectivity index (χ0n) is 16.0. The number of rotatable bonds is 5. The van der Waals surface area contributed by atoms with E-state index in [0.717, 1.165) is 29.0 Å². The predicted octanol–water partition coefficient (Wildman–Crippen LogP) is 6.40. The number of thiocarbonyl (C=S) groups is 1. The van der Waals surface area contributed by atoms with E-state index in [1.165, 1.54) is 17.3 Å². The lowest BCUT2D eigenvalue weighted by Gasteiger charge is -2.15. The average Bonchev–Trinajstić information content (AvgIpc) is 3.03. The average molecular weight is 417 g/mol. The highest BCUT2D eigenvalue weighted by atomic mass is 32.2. The fourth-order valence-electron chi connectivity index (χ4n) is 3.07. The van der Waals surface area contributed by atoms with Crippen LogP contribution >= 0.6 is 24.0 Å². The molecule has 1 aliphatic heterocycles. The maximum absolute atomic E-state index is 13.0. The summed E-state index contributed by atoms with van der Waals surface area (Å²) in [4.78, 5) is 15.2. The zero-order chi connectivity index (χ0) is 20.2. The Kier molecular flexibility index (Phi) is 5.79. The molecule has 1 fully saturated rings. The molecule has 0 unspecified atom stereocenters. The van der Waals surface area contributed by atoms with E-state index in [1.54, 1.807) is 4.90 Å². The molecule has 0 aromatic heterocycles. The van der Waals surface area contributed by atoms with E-state index >= 15 is 0 Å². The Balaban J connectivity index is 1.51. The molecule has 0 bridgehead atoms. The molecular weight excluding hydrogens is 396 g/mol. The van der Waals surface area contributed by atoms with Gasteiger partial charge in [0.2, 0.25) is 0 Å². The van der Waals surface area contributed by atoms with Gasteiger partial charge in [-0.15, -0.1) is 0 Å². The van der Waals surface area contributed by atoms with Gasteiger partial charge in [0, 0.05) is 11.4 Å². The van der Waals surface area contributed by atoms with Crippen LogP contribution < -0.4 is 10.2 Å². The van der Waals surface area contributed by atoms with Crippen LogP contribution in [0.3, 0.4) is 0 Å². The first kappa shape index (κ1) is 19.4. The van der Waals surface area contributed by atoms with Gasteiger partial charge in [0.1, 0.15) is 0 Å². The number of nitrogens with one attached hydrogen (secondary N) is 1. The Morgan fingerprint density at radius 3 is 2.24 bits per heavy atom. The van der Waals surface area contributed by atoms with Crippen molar-refractivity contribution in [2.45, 2.75) is 13.3 Å². The lowest BCUT2D eigenvalue weighted by molar-refractivity contribution is -0.113. The second-order valence-corrected chi connectivity index (χ2v) is 8.33. The largest absolute Gasteiger partial charge is 0.356 e. The third-order valence-electron chi connectivity index (χ3n) is 4.67. The lowest BCUT2D eigenvalue weighted by atomic mass is 10.1. The van der Waals surface area contributed by atoms with Crippen molar-refractivity contribution in [2.24, 2.45) is 0 Å². The quantitative estimate of drug-likeness (QED) is 0.385. The highest BCUT2D eigenvalue weighted by Crippen LogP contribution is 2.36. The molecule has 1 saturated heterocycles. The van der Waals surface area contributed by atoms with E-state index in [2.05, 4.69) is 24.4 Å². The normalized spacial score (nSPS) is 15.2. The van der Waals surface area contributed by atoms with Crippen molar-refractivity contribution < 1.29 is 4.79 Å². The summed E-state index contributed by atoms with van der Waals surface area (Å²) in [6.45, 7) is 2.13. The Labute approximate surface area is 180 Å². The van der Waals surface area contributed by atoms with E-state index in [9.17, 15) is 4.79 Å². The predicted molar refractivity (Wildman–Crippen MR) is 128 cm³/mol. The summed E-state index contributed by atoms with van der Waals surface area (Å²) in [5, 5.41) is 3.34. The molecule has 144 valence electrons. The SMILES string of the molecule is CCc1ccc(/C=C2\SC(=S)N(c3ccc(Nc4ccccc4)cc3)C2=O)cc1. The number of thioether (sulfide) groups is 1. The molecule has 3 aromatic carbocycles. The monoisotopic (exact) mass is 416 g/mol. The highest BCUT2D eigenvalue weighted by Gasteiger charge is 2.33. The molecule has 3 nitrogen and oxygen atoms in total. The summed E-state index contributed by atoms with van der Waals surface area (Å²) in [5.41, 5.74) is 5.03. The van der Waals surface area contributed by atoms with Crippen molar-refractivity contribution in [1.29, 1.82) is 0 Å². The molecule has 1 N–H and O–H groups in total. The summed E-state index contributed by atoms with van der Waals surface area (Å²) in [7, 11) is 0. The van der Waals surface area contributed by atoms with Crippen molar-refractivity contribution in [3.63, 3.8) is 0 Å². The van der Waals surface area contributed by atoms with Crippen LogP contribution in [0.25, 0.3) is 6.08 Å². The fraction of sp³-hybridized carbons (Fsp3) is 0.0833. The van der Waals surface area contributed by atoms with Crippen LogP contribution in [0.2, 0.25) is 0 Å². The number of amides is 1. The van der Waals surface area contributed by atoms with Crippen LogP contribution in [0.4, 0.5) is 17.1 Å². The molecule has 0 aliphatic carbocycles. The van der Waals surface area contributed by atoms with E-state index in [4.69, 9.17) is 12.2 Å². The molecule has 0 saturated carbocycles. The number of hydrogen-bond donors (Lipinski definition) is 1. The first-order valence-electron chi connectivity index (χ1n) is 9.43. The second-order valence-electron chi connectivity index (χ2n) is 6.65. The van der Waals surface area contributed by atoms with E-state index in [-0.39, 0.29) is 5.91 Å². The second kappa shape index (κ2) is 8.64. The Bertz CT molecular complexity index is 1060. The fourth-order valence-corrected chi connectivity index (χ4v) is 4.37. The number of para-hydroxylation sites is 1. The number of benzene rings is 3. The van der Waals surface area contributed by atoms with Gasteiger partial charge in [-0.2, -0.15) is 0 Å². The first-order valence-corrected chi connectivity index (χ1v) is 10.7. The minimum absolute atomic E-state index is 0.0802. The van der Waals surface area contributed by atoms with Gasteiger partial charge in [0.05, 0.1) is 10.6 Å². The van der Waals surface area contributed by atoms with Gasteiger partial charge in [0.25, 0.3) is 5.91 Å². The summed E-state index contributed by atoms with van der Waals surface area (Å²) in [6, 6.07) is 25.9. The first-order chi connectivity index (χ1) is 14.1. The molecule has 4 rings (SSSR count). The van der Waals surface area contributed by atoms with Crippen molar-refractivity contribution in [3.8, 4) is 0 Å². The van der Waals surface area contributed by atoms with Crippen LogP contribution in [0.1, 0.15) is 18.1 Å². The molecule has 1 aliphatic rings. The zero-order valence-corrected chi connectivity index (χ0v) is 17.6. The third-order valence-corrected chi connectivity index (χ3v) is 5.97. The molecular formula is C24H20N2OS2. The Morgan fingerprint density at radius 2 is 1.59 bits per heavy atom. The van der Waals surface area contributed by atoms with Crippen LogP contribution in [0.15, 0.2) is 83.8 Å². The Hall–Kier alpha value is -2.89. The molecule has 5 heteroatoms. The van der Waals surface area contributed by atoms with Gasteiger partial charge < -0.3 is 5.32 Å². The number of carbonyl (C=O) groups excluding carboxylic acids is 1. The summed E-state index contributed by atoms with van der Waals surface area (Å²) >= 11 is 6.82. The van der Waals surface area contributed by atoms with Crippen molar-refractivity contribution in [3.05, 3.63) is 94.9 Å². The van der Waals surface area contributed by atoms with E-state index in [0.29, 0.717) is 9.23 Å². The molecule has 0 radical (unpaired) electrons. The van der Waals surface area contributed by atoms with E-state index in [1.807, 2.05) is 72.8 Å². The van der Waals surface area contributed by atoms with Crippen molar-refractivity contribution in [1.82, 2.24) is 0 Å².